The van der Waals surface area contributed by atoms with Gasteiger partial charge in [-0.15, -0.1) is 0 Å². The lowest BCUT2D eigenvalue weighted by molar-refractivity contribution is -0.131. The van der Waals surface area contributed by atoms with Crippen molar-refractivity contribution in [3.8, 4) is 5.75 Å². The number of halogens is 1. The highest BCUT2D eigenvalue weighted by atomic mass is 35.5. The first kappa shape index (κ1) is 11.5. The fourth-order valence-corrected chi connectivity index (χ4v) is 1.07. The molecule has 0 N–H and O–H groups in total. The van der Waals surface area contributed by atoms with Crippen molar-refractivity contribution >= 4 is 28.9 Å². The standard InChI is InChI=1S/C11H9ClO3/c1-8(13)15-10-4-2-3-9(7-10)5-6-11(12)14/h2-7H,1H3. The molecule has 0 spiro atoms. The fourth-order valence-electron chi connectivity index (χ4n) is 1.01. The van der Waals surface area contributed by atoms with Crippen LogP contribution in [0.5, 0.6) is 5.75 Å². The third-order valence-electron chi connectivity index (χ3n) is 1.53. The van der Waals surface area contributed by atoms with Gasteiger partial charge in [-0.3, -0.25) is 9.59 Å². The van der Waals surface area contributed by atoms with Crippen LogP contribution in [0.25, 0.3) is 6.08 Å². The van der Waals surface area contributed by atoms with Gasteiger partial charge >= 0.3 is 5.97 Å². The van der Waals surface area contributed by atoms with Crippen LogP contribution in [-0.2, 0) is 9.59 Å². The van der Waals surface area contributed by atoms with E-state index in [1.165, 1.54) is 13.0 Å². The van der Waals surface area contributed by atoms with E-state index in [0.717, 1.165) is 5.56 Å². The predicted octanol–water partition coefficient (Wildman–Crippen LogP) is 2.39. The van der Waals surface area contributed by atoms with Gasteiger partial charge in [0.05, 0.1) is 0 Å². The van der Waals surface area contributed by atoms with Crippen LogP contribution >= 0.6 is 11.6 Å². The van der Waals surface area contributed by atoms with E-state index in [0.29, 0.717) is 5.75 Å². The minimum atomic E-state index is -0.548. The summed E-state index contributed by atoms with van der Waals surface area (Å²) in [6.07, 6.45) is 2.77. The van der Waals surface area contributed by atoms with Crippen molar-refractivity contribution in [3.63, 3.8) is 0 Å². The van der Waals surface area contributed by atoms with Gasteiger partial charge in [0.2, 0.25) is 5.24 Å². The molecule has 0 bridgehead atoms. The minimum absolute atomic E-state index is 0.385. The molecular formula is C11H9ClO3. The van der Waals surface area contributed by atoms with Crippen LogP contribution in [0.15, 0.2) is 30.3 Å². The molecule has 0 aliphatic rings. The summed E-state index contributed by atoms with van der Waals surface area (Å²) in [5.74, 6) is 0.0521. The average Bonchev–Trinajstić information content (AvgIpc) is 2.14. The van der Waals surface area contributed by atoms with Crippen LogP contribution in [0.4, 0.5) is 0 Å². The Kier molecular flexibility index (Phi) is 4.06. The lowest BCUT2D eigenvalue weighted by Gasteiger charge is -2.01. The van der Waals surface area contributed by atoms with Crippen LogP contribution in [0.3, 0.4) is 0 Å². The number of carbonyl (C=O) groups is 2. The third-order valence-corrected chi connectivity index (χ3v) is 1.65. The molecule has 0 saturated carbocycles. The number of benzene rings is 1. The maximum absolute atomic E-state index is 10.7. The van der Waals surface area contributed by atoms with E-state index in [9.17, 15) is 9.59 Å². The van der Waals surface area contributed by atoms with Crippen LogP contribution < -0.4 is 4.74 Å². The normalized spacial score (nSPS) is 10.3. The van der Waals surface area contributed by atoms with E-state index >= 15 is 0 Å². The summed E-state index contributed by atoms with van der Waals surface area (Å²) in [5.41, 5.74) is 0.739. The van der Waals surface area contributed by atoms with E-state index in [1.807, 2.05) is 0 Å². The Hall–Kier alpha value is -1.61. The molecule has 0 atom stereocenters. The van der Waals surface area contributed by atoms with E-state index in [-0.39, 0.29) is 5.97 Å². The summed E-state index contributed by atoms with van der Waals surface area (Å²) < 4.78 is 4.87. The summed E-state index contributed by atoms with van der Waals surface area (Å²) in [7, 11) is 0. The second-order valence-corrected chi connectivity index (χ2v) is 3.18. The number of ether oxygens (including phenoxy) is 1. The van der Waals surface area contributed by atoms with Crippen LogP contribution in [0, 0.1) is 0 Å². The second kappa shape index (κ2) is 5.32. The summed E-state index contributed by atoms with van der Waals surface area (Å²) in [5, 5.41) is -0.548. The lowest BCUT2D eigenvalue weighted by atomic mass is 10.2. The minimum Gasteiger partial charge on any atom is -0.427 e. The van der Waals surface area contributed by atoms with Gasteiger partial charge in [-0.1, -0.05) is 18.2 Å². The number of hydrogen-bond donors (Lipinski definition) is 0. The molecule has 4 heteroatoms. The Labute approximate surface area is 92.3 Å². The highest BCUT2D eigenvalue weighted by molar-refractivity contribution is 6.66. The Morgan fingerprint density at radius 1 is 1.40 bits per heavy atom. The molecule has 0 fully saturated rings. The van der Waals surface area contributed by atoms with Crippen LogP contribution in [-0.4, -0.2) is 11.2 Å². The zero-order valence-corrected chi connectivity index (χ0v) is 8.82. The van der Waals surface area contributed by atoms with Crippen molar-refractivity contribution in [2.75, 3.05) is 0 Å². The Balaban J connectivity index is 2.82. The first-order valence-electron chi connectivity index (χ1n) is 4.24. The maximum atomic E-state index is 10.7. The highest BCUT2D eigenvalue weighted by Gasteiger charge is 1.97. The molecule has 0 aliphatic heterocycles. The first-order valence-corrected chi connectivity index (χ1v) is 4.62. The molecule has 0 unspecified atom stereocenters. The molecule has 15 heavy (non-hydrogen) atoms. The van der Waals surface area contributed by atoms with Gasteiger partial charge in [0.15, 0.2) is 0 Å². The number of esters is 1. The molecule has 1 aromatic carbocycles. The van der Waals surface area contributed by atoms with E-state index in [1.54, 1.807) is 30.3 Å². The van der Waals surface area contributed by atoms with Crippen molar-refractivity contribution in [2.24, 2.45) is 0 Å². The van der Waals surface area contributed by atoms with E-state index in [2.05, 4.69) is 0 Å². The van der Waals surface area contributed by atoms with Gasteiger partial charge in [0, 0.05) is 6.92 Å². The molecule has 1 rings (SSSR count). The van der Waals surface area contributed by atoms with Crippen molar-refractivity contribution in [1.29, 1.82) is 0 Å². The molecule has 1 aromatic rings. The second-order valence-electron chi connectivity index (χ2n) is 2.80. The highest BCUT2D eigenvalue weighted by Crippen LogP contribution is 2.14. The Bertz CT molecular complexity index is 410. The summed E-state index contributed by atoms with van der Waals surface area (Å²) >= 11 is 5.14. The number of rotatable bonds is 3. The largest absolute Gasteiger partial charge is 0.427 e. The molecule has 0 amide bonds. The monoisotopic (exact) mass is 224 g/mol. The van der Waals surface area contributed by atoms with Crippen LogP contribution in [0.2, 0.25) is 0 Å². The number of allylic oxidation sites excluding steroid dienone is 1. The number of carbonyl (C=O) groups excluding carboxylic acids is 2. The van der Waals surface area contributed by atoms with Gasteiger partial charge in [-0.2, -0.15) is 0 Å². The molecule has 78 valence electrons. The van der Waals surface area contributed by atoms with Crippen molar-refractivity contribution in [1.82, 2.24) is 0 Å². The molecule has 0 heterocycles. The average molecular weight is 225 g/mol. The summed E-state index contributed by atoms with van der Waals surface area (Å²) in [4.78, 5) is 21.1. The number of hydrogen-bond acceptors (Lipinski definition) is 3. The molecule has 0 aliphatic carbocycles. The first-order chi connectivity index (χ1) is 7.08. The van der Waals surface area contributed by atoms with Gasteiger partial charge in [0.1, 0.15) is 5.75 Å². The zero-order valence-electron chi connectivity index (χ0n) is 8.07. The predicted molar refractivity (Wildman–Crippen MR) is 57.6 cm³/mol. The van der Waals surface area contributed by atoms with E-state index in [4.69, 9.17) is 16.3 Å². The molecule has 0 radical (unpaired) electrons. The molecule has 0 saturated heterocycles. The SMILES string of the molecule is CC(=O)Oc1cccc(C=CC(=O)Cl)c1. The molecule has 0 aromatic heterocycles. The molecule has 3 nitrogen and oxygen atoms in total. The Morgan fingerprint density at radius 2 is 2.13 bits per heavy atom. The van der Waals surface area contributed by atoms with Crippen LogP contribution in [0.1, 0.15) is 12.5 Å². The zero-order chi connectivity index (χ0) is 11.3. The van der Waals surface area contributed by atoms with Crippen molar-refractivity contribution in [2.45, 2.75) is 6.92 Å². The Morgan fingerprint density at radius 3 is 2.73 bits per heavy atom. The summed E-state index contributed by atoms with van der Waals surface area (Å²) in [6.45, 7) is 1.32. The smallest absolute Gasteiger partial charge is 0.308 e. The topological polar surface area (TPSA) is 43.4 Å². The van der Waals surface area contributed by atoms with Gasteiger partial charge in [0.25, 0.3) is 0 Å². The lowest BCUT2D eigenvalue weighted by Crippen LogP contribution is -2.00. The van der Waals surface area contributed by atoms with Gasteiger partial charge in [-0.25, -0.2) is 0 Å². The fraction of sp³-hybridized carbons (Fsp3) is 0.0909. The van der Waals surface area contributed by atoms with E-state index < -0.39 is 5.24 Å². The quantitative estimate of drug-likeness (QED) is 0.343. The summed E-state index contributed by atoms with van der Waals surface area (Å²) in [6, 6.07) is 6.78. The van der Waals surface area contributed by atoms with Crippen molar-refractivity contribution in [3.05, 3.63) is 35.9 Å². The van der Waals surface area contributed by atoms with Crippen molar-refractivity contribution < 1.29 is 14.3 Å². The van der Waals surface area contributed by atoms with Gasteiger partial charge in [-0.05, 0) is 35.4 Å². The molecular weight excluding hydrogens is 216 g/mol. The third kappa shape index (κ3) is 4.42. The van der Waals surface area contributed by atoms with Gasteiger partial charge < -0.3 is 4.74 Å². The maximum Gasteiger partial charge on any atom is 0.308 e.